The van der Waals surface area contributed by atoms with Crippen LogP contribution < -0.4 is 16.2 Å². The van der Waals surface area contributed by atoms with E-state index in [2.05, 4.69) is 29.8 Å². The smallest absolute Gasteiger partial charge is 0.261 e. The van der Waals surface area contributed by atoms with Crippen molar-refractivity contribution in [2.45, 2.75) is 0 Å². The maximum Gasteiger partial charge on any atom is 0.261 e. The minimum absolute atomic E-state index is 0.0819. The van der Waals surface area contributed by atoms with Gasteiger partial charge in [-0.05, 0) is 29.9 Å². The number of nitrogens with zero attached hydrogens (tertiary/aromatic N) is 4. The first-order chi connectivity index (χ1) is 14.1. The molecule has 0 aliphatic carbocycles. The van der Waals surface area contributed by atoms with Crippen molar-refractivity contribution < 1.29 is 4.74 Å². The summed E-state index contributed by atoms with van der Waals surface area (Å²) in [5.41, 5.74) is 9.03. The number of ether oxygens (including phenoxy) is 1. The highest BCUT2D eigenvalue weighted by Crippen LogP contribution is 2.35. The highest BCUT2D eigenvalue weighted by atomic mass is 32.1. The van der Waals surface area contributed by atoms with E-state index in [0.29, 0.717) is 41.0 Å². The SMILES string of the molecule is Nc1[nH]cnc2nc3nc(=S)[nH]c(=O)c3c(-c3ccc(N4CCOCC4)cc3)c12. The molecule has 3 aromatic heterocycles. The van der Waals surface area contributed by atoms with E-state index in [1.165, 1.54) is 6.33 Å². The monoisotopic (exact) mass is 407 g/mol. The molecular formula is C19H17N7O2S. The van der Waals surface area contributed by atoms with Gasteiger partial charge in [0, 0.05) is 24.3 Å². The predicted octanol–water partition coefficient (Wildman–Crippen LogP) is 2.01. The van der Waals surface area contributed by atoms with Gasteiger partial charge in [-0.2, -0.15) is 4.98 Å². The summed E-state index contributed by atoms with van der Waals surface area (Å²) in [7, 11) is 0. The molecule has 0 radical (unpaired) electrons. The van der Waals surface area contributed by atoms with Crippen molar-refractivity contribution in [3.8, 4) is 11.1 Å². The van der Waals surface area contributed by atoms with Crippen LogP contribution in [0.3, 0.4) is 0 Å². The van der Waals surface area contributed by atoms with Crippen molar-refractivity contribution in [3.63, 3.8) is 0 Å². The van der Waals surface area contributed by atoms with E-state index >= 15 is 0 Å². The summed E-state index contributed by atoms with van der Waals surface area (Å²) in [5, 5.41) is 0.905. The number of nitrogens with one attached hydrogen (secondary N) is 2. The van der Waals surface area contributed by atoms with Crippen molar-refractivity contribution in [3.05, 3.63) is 45.7 Å². The van der Waals surface area contributed by atoms with E-state index in [-0.39, 0.29) is 16.0 Å². The zero-order chi connectivity index (χ0) is 20.0. The zero-order valence-electron chi connectivity index (χ0n) is 15.3. The molecule has 0 atom stereocenters. The molecule has 9 nitrogen and oxygen atoms in total. The van der Waals surface area contributed by atoms with Crippen LogP contribution >= 0.6 is 12.2 Å². The average molecular weight is 407 g/mol. The van der Waals surface area contributed by atoms with Gasteiger partial charge in [-0.25, -0.2) is 9.97 Å². The van der Waals surface area contributed by atoms with Crippen LogP contribution in [0.1, 0.15) is 0 Å². The summed E-state index contributed by atoms with van der Waals surface area (Å²) in [5.74, 6) is 0.374. The Morgan fingerprint density at radius 3 is 2.59 bits per heavy atom. The summed E-state index contributed by atoms with van der Waals surface area (Å²) >= 11 is 5.05. The van der Waals surface area contributed by atoms with Gasteiger partial charge in [0.25, 0.3) is 5.56 Å². The lowest BCUT2D eigenvalue weighted by Crippen LogP contribution is -2.36. The fourth-order valence-corrected chi connectivity index (χ4v) is 3.85. The third-order valence-electron chi connectivity index (χ3n) is 5.02. The van der Waals surface area contributed by atoms with Crippen LogP contribution in [0.15, 0.2) is 35.4 Å². The van der Waals surface area contributed by atoms with E-state index in [1.54, 1.807) is 0 Å². The van der Waals surface area contributed by atoms with Gasteiger partial charge in [0.15, 0.2) is 11.3 Å². The molecule has 0 unspecified atom stereocenters. The molecule has 29 heavy (non-hydrogen) atoms. The minimum Gasteiger partial charge on any atom is -0.385 e. The summed E-state index contributed by atoms with van der Waals surface area (Å²) < 4.78 is 5.50. The second-order valence-corrected chi connectivity index (χ2v) is 7.10. The highest BCUT2D eigenvalue weighted by Gasteiger charge is 2.19. The number of nitrogen functional groups attached to an aromatic ring is 1. The van der Waals surface area contributed by atoms with E-state index < -0.39 is 0 Å². The van der Waals surface area contributed by atoms with Crippen molar-refractivity contribution in [1.29, 1.82) is 0 Å². The number of benzene rings is 1. The number of aromatic nitrogens is 5. The van der Waals surface area contributed by atoms with Gasteiger partial charge in [-0.3, -0.25) is 9.78 Å². The maximum atomic E-state index is 12.8. The van der Waals surface area contributed by atoms with Gasteiger partial charge in [-0.15, -0.1) is 0 Å². The molecule has 1 saturated heterocycles. The molecule has 0 amide bonds. The molecule has 4 N–H and O–H groups in total. The number of aromatic amines is 2. The van der Waals surface area contributed by atoms with E-state index in [4.69, 9.17) is 22.7 Å². The van der Waals surface area contributed by atoms with Crippen molar-refractivity contribution in [1.82, 2.24) is 24.9 Å². The van der Waals surface area contributed by atoms with Crippen LogP contribution in [-0.2, 0) is 4.74 Å². The Morgan fingerprint density at radius 2 is 1.83 bits per heavy atom. The molecule has 146 valence electrons. The third kappa shape index (κ3) is 3.02. The molecule has 1 aromatic carbocycles. The number of nitrogens with two attached hydrogens (primary N) is 1. The molecule has 0 bridgehead atoms. The molecule has 1 aliphatic heterocycles. The van der Waals surface area contributed by atoms with Crippen LogP contribution in [-0.4, -0.2) is 51.2 Å². The van der Waals surface area contributed by atoms with Crippen LogP contribution in [0.25, 0.3) is 33.2 Å². The summed E-state index contributed by atoms with van der Waals surface area (Å²) in [4.78, 5) is 33.4. The Hall–Kier alpha value is -3.37. The first kappa shape index (κ1) is 17.7. The Balaban J connectivity index is 1.78. The quantitative estimate of drug-likeness (QED) is 0.340. The van der Waals surface area contributed by atoms with E-state index in [9.17, 15) is 4.79 Å². The predicted molar refractivity (Wildman–Crippen MR) is 114 cm³/mol. The normalized spacial score (nSPS) is 14.6. The second-order valence-electron chi connectivity index (χ2n) is 6.72. The Labute approximate surface area is 169 Å². The number of hydrogen-bond acceptors (Lipinski definition) is 8. The van der Waals surface area contributed by atoms with E-state index in [0.717, 1.165) is 24.3 Å². The van der Waals surface area contributed by atoms with E-state index in [1.807, 2.05) is 24.3 Å². The van der Waals surface area contributed by atoms with Gasteiger partial charge in [0.1, 0.15) is 5.82 Å². The fraction of sp³-hybridized carbons (Fsp3) is 0.211. The first-order valence-corrected chi connectivity index (χ1v) is 9.52. The average Bonchev–Trinajstić information content (AvgIpc) is 2.73. The lowest BCUT2D eigenvalue weighted by Gasteiger charge is -2.29. The van der Waals surface area contributed by atoms with Gasteiger partial charge in [-0.1, -0.05) is 12.1 Å². The summed E-state index contributed by atoms with van der Waals surface area (Å²) in [6.07, 6.45) is 1.46. The lowest BCUT2D eigenvalue weighted by molar-refractivity contribution is 0.122. The number of pyridine rings is 1. The number of rotatable bonds is 2. The van der Waals surface area contributed by atoms with Crippen molar-refractivity contribution in [2.24, 2.45) is 0 Å². The highest BCUT2D eigenvalue weighted by molar-refractivity contribution is 7.71. The summed E-state index contributed by atoms with van der Waals surface area (Å²) in [6.45, 7) is 3.11. The fourth-order valence-electron chi connectivity index (χ4n) is 3.67. The molecule has 4 heterocycles. The van der Waals surface area contributed by atoms with Crippen LogP contribution in [0.5, 0.6) is 0 Å². The van der Waals surface area contributed by atoms with Gasteiger partial charge in [0.05, 0.1) is 30.3 Å². The van der Waals surface area contributed by atoms with Crippen molar-refractivity contribution >= 4 is 45.8 Å². The second kappa shape index (κ2) is 6.90. The van der Waals surface area contributed by atoms with Gasteiger partial charge >= 0.3 is 0 Å². The standard InChI is InChI=1S/C19H17N7O2S/c20-15-13-12(10-1-3-11(4-2-10)26-5-7-28-8-6-26)14-17(23-16(13)22-9-21-15)24-19(29)25-18(14)27/h1-4,9H,5-8H2,(H4,20,21,22,23,24,25,27,29). The number of H-pyrrole nitrogens is 2. The van der Waals surface area contributed by atoms with Gasteiger partial charge in [0.2, 0.25) is 4.77 Å². The Morgan fingerprint density at radius 1 is 1.07 bits per heavy atom. The largest absolute Gasteiger partial charge is 0.385 e. The number of morpholine rings is 1. The van der Waals surface area contributed by atoms with Crippen LogP contribution in [0, 0.1) is 4.77 Å². The molecule has 5 rings (SSSR count). The molecular weight excluding hydrogens is 390 g/mol. The Kier molecular flexibility index (Phi) is 4.22. The topological polar surface area (TPSA) is 126 Å². The number of fused-ring (bicyclic) bond motifs is 2. The molecule has 0 saturated carbocycles. The molecule has 10 heteroatoms. The maximum absolute atomic E-state index is 12.8. The number of hydrogen-bond donors (Lipinski definition) is 3. The van der Waals surface area contributed by atoms with Crippen LogP contribution in [0.4, 0.5) is 11.5 Å². The lowest BCUT2D eigenvalue weighted by atomic mass is 9.99. The Bertz CT molecular complexity index is 1340. The first-order valence-electron chi connectivity index (χ1n) is 9.12. The third-order valence-corrected chi connectivity index (χ3v) is 5.22. The zero-order valence-corrected chi connectivity index (χ0v) is 16.1. The molecule has 4 aromatic rings. The molecule has 1 fully saturated rings. The minimum atomic E-state index is -0.357. The molecule has 1 aliphatic rings. The van der Waals surface area contributed by atoms with Gasteiger partial charge < -0.3 is 20.4 Å². The number of anilines is 2. The van der Waals surface area contributed by atoms with Crippen molar-refractivity contribution in [2.75, 3.05) is 36.9 Å². The molecule has 0 spiro atoms. The van der Waals surface area contributed by atoms with Crippen LogP contribution in [0.2, 0.25) is 0 Å². The summed E-state index contributed by atoms with van der Waals surface area (Å²) in [6, 6.07) is 7.98.